The van der Waals surface area contributed by atoms with Crippen molar-refractivity contribution in [1.29, 1.82) is 0 Å². The van der Waals surface area contributed by atoms with E-state index in [1.54, 1.807) is 12.4 Å². The number of Topliss-reactive ketones (excluding diaryl/α,β-unsaturated/α-hetero) is 1. The van der Waals surface area contributed by atoms with Gasteiger partial charge in [0.25, 0.3) is 0 Å². The van der Waals surface area contributed by atoms with Crippen molar-refractivity contribution in [3.8, 4) is 0 Å². The third kappa shape index (κ3) is 1.99. The predicted molar refractivity (Wildman–Crippen MR) is 70.7 cm³/mol. The van der Waals surface area contributed by atoms with Gasteiger partial charge in [0.1, 0.15) is 0 Å². The first-order valence-corrected chi connectivity index (χ1v) is 6.11. The number of aromatic nitrogens is 1. The maximum atomic E-state index is 11.8. The van der Waals surface area contributed by atoms with E-state index in [1.807, 2.05) is 36.4 Å². The number of para-hydroxylation sites is 1. The highest BCUT2D eigenvalue weighted by molar-refractivity contribution is 6.03. The van der Waals surface area contributed by atoms with E-state index in [4.69, 9.17) is 0 Å². The third-order valence-corrected chi connectivity index (χ3v) is 3.28. The second-order valence-electron chi connectivity index (χ2n) is 4.47. The molecule has 3 rings (SSSR count). The van der Waals surface area contributed by atoms with Gasteiger partial charge < -0.3 is 4.90 Å². The molecule has 2 aromatic rings. The molecule has 1 aromatic heterocycles. The second kappa shape index (κ2) is 4.61. The summed E-state index contributed by atoms with van der Waals surface area (Å²) in [6.45, 7) is 1.62. The van der Waals surface area contributed by atoms with Crippen LogP contribution in [-0.2, 0) is 6.54 Å². The minimum atomic E-state index is 0.247. The van der Waals surface area contributed by atoms with Crippen LogP contribution in [0.1, 0.15) is 22.3 Å². The molecule has 1 aliphatic rings. The largest absolute Gasteiger partial charge is 0.366 e. The number of pyridine rings is 1. The third-order valence-electron chi connectivity index (χ3n) is 3.28. The van der Waals surface area contributed by atoms with Gasteiger partial charge in [-0.25, -0.2) is 0 Å². The summed E-state index contributed by atoms with van der Waals surface area (Å²) >= 11 is 0. The fraction of sp³-hybridized carbons (Fsp3) is 0.200. The Balaban J connectivity index is 1.91. The number of hydrogen-bond acceptors (Lipinski definition) is 3. The van der Waals surface area contributed by atoms with Crippen molar-refractivity contribution in [1.82, 2.24) is 4.98 Å². The average molecular weight is 238 g/mol. The van der Waals surface area contributed by atoms with Crippen molar-refractivity contribution in [2.75, 3.05) is 11.4 Å². The molecule has 3 nitrogen and oxygen atoms in total. The van der Waals surface area contributed by atoms with Crippen LogP contribution in [0, 0.1) is 0 Å². The molecule has 0 fully saturated rings. The molecular weight excluding hydrogens is 224 g/mol. The zero-order valence-corrected chi connectivity index (χ0v) is 10.0. The smallest absolute Gasteiger partial charge is 0.166 e. The summed E-state index contributed by atoms with van der Waals surface area (Å²) < 4.78 is 0. The highest BCUT2D eigenvalue weighted by Gasteiger charge is 2.22. The molecule has 0 amide bonds. The first-order chi connectivity index (χ1) is 8.84. The number of carbonyl (C=O) groups is 1. The van der Waals surface area contributed by atoms with Crippen LogP contribution in [0.15, 0.2) is 48.8 Å². The normalized spacial score (nSPS) is 14.4. The van der Waals surface area contributed by atoms with Crippen molar-refractivity contribution >= 4 is 11.5 Å². The highest BCUT2D eigenvalue weighted by Crippen LogP contribution is 2.27. The lowest BCUT2D eigenvalue weighted by Gasteiger charge is -2.30. The summed E-state index contributed by atoms with van der Waals surface area (Å²) in [7, 11) is 0. The van der Waals surface area contributed by atoms with E-state index < -0.39 is 0 Å². The second-order valence-corrected chi connectivity index (χ2v) is 4.47. The standard InChI is InChI=1S/C15H14N2O/c18-15-7-10-17(11-12-5-8-16-9-6-12)14-4-2-1-3-13(14)15/h1-6,8-9H,7,10-11H2. The molecule has 1 aliphatic heterocycles. The van der Waals surface area contributed by atoms with Crippen molar-refractivity contribution in [3.63, 3.8) is 0 Å². The molecule has 0 saturated carbocycles. The number of ketones is 1. The maximum Gasteiger partial charge on any atom is 0.166 e. The zero-order chi connectivity index (χ0) is 12.4. The van der Waals surface area contributed by atoms with E-state index in [9.17, 15) is 4.79 Å². The van der Waals surface area contributed by atoms with Crippen LogP contribution in [0.3, 0.4) is 0 Å². The first-order valence-electron chi connectivity index (χ1n) is 6.11. The van der Waals surface area contributed by atoms with Gasteiger partial charge in [0, 0.05) is 43.2 Å². The summed E-state index contributed by atoms with van der Waals surface area (Å²) in [6.07, 6.45) is 4.20. The topological polar surface area (TPSA) is 33.2 Å². The Morgan fingerprint density at radius 3 is 2.72 bits per heavy atom. The number of hydrogen-bond donors (Lipinski definition) is 0. The molecule has 2 heterocycles. The van der Waals surface area contributed by atoms with Crippen LogP contribution < -0.4 is 4.90 Å². The summed E-state index contributed by atoms with van der Waals surface area (Å²) in [6, 6.07) is 11.9. The Bertz CT molecular complexity index is 566. The van der Waals surface area contributed by atoms with E-state index in [-0.39, 0.29) is 5.78 Å². The Morgan fingerprint density at radius 1 is 1.11 bits per heavy atom. The predicted octanol–water partition coefficient (Wildman–Crippen LogP) is 2.67. The number of rotatable bonds is 2. The minimum absolute atomic E-state index is 0.247. The molecule has 1 aromatic carbocycles. The molecule has 90 valence electrons. The zero-order valence-electron chi connectivity index (χ0n) is 10.0. The van der Waals surface area contributed by atoms with Gasteiger partial charge in [-0.15, -0.1) is 0 Å². The molecule has 0 saturated heterocycles. The van der Waals surface area contributed by atoms with Crippen LogP contribution >= 0.6 is 0 Å². The van der Waals surface area contributed by atoms with Gasteiger partial charge in [-0.2, -0.15) is 0 Å². The van der Waals surface area contributed by atoms with E-state index in [0.29, 0.717) is 6.42 Å². The Kier molecular flexibility index (Phi) is 2.81. The van der Waals surface area contributed by atoms with Crippen LogP contribution in [0.25, 0.3) is 0 Å². The molecule has 0 atom stereocenters. The van der Waals surface area contributed by atoms with Crippen LogP contribution in [-0.4, -0.2) is 17.3 Å². The molecule has 18 heavy (non-hydrogen) atoms. The Labute approximate surface area is 106 Å². The van der Waals surface area contributed by atoms with E-state index in [1.165, 1.54) is 5.56 Å². The molecule has 0 aliphatic carbocycles. The summed E-state index contributed by atoms with van der Waals surface area (Å²) in [5.41, 5.74) is 3.11. The summed E-state index contributed by atoms with van der Waals surface area (Å²) in [4.78, 5) is 18.1. The lowest BCUT2D eigenvalue weighted by Crippen LogP contribution is -2.31. The van der Waals surface area contributed by atoms with Gasteiger partial charge in [-0.05, 0) is 29.8 Å². The molecule has 0 spiro atoms. The van der Waals surface area contributed by atoms with Crippen molar-refractivity contribution in [2.45, 2.75) is 13.0 Å². The van der Waals surface area contributed by atoms with Crippen molar-refractivity contribution in [2.24, 2.45) is 0 Å². The van der Waals surface area contributed by atoms with Crippen molar-refractivity contribution in [3.05, 3.63) is 59.9 Å². The van der Waals surface area contributed by atoms with Crippen LogP contribution in [0.5, 0.6) is 0 Å². The minimum Gasteiger partial charge on any atom is -0.366 e. The van der Waals surface area contributed by atoms with E-state index >= 15 is 0 Å². The van der Waals surface area contributed by atoms with Gasteiger partial charge in [0.05, 0.1) is 0 Å². The van der Waals surface area contributed by atoms with Crippen LogP contribution in [0.4, 0.5) is 5.69 Å². The van der Waals surface area contributed by atoms with Crippen LogP contribution in [0.2, 0.25) is 0 Å². The first kappa shape index (κ1) is 11.0. The van der Waals surface area contributed by atoms with Crippen molar-refractivity contribution < 1.29 is 4.79 Å². The quantitative estimate of drug-likeness (QED) is 0.806. The molecule has 3 heteroatoms. The number of fused-ring (bicyclic) bond motifs is 1. The van der Waals surface area contributed by atoms with Gasteiger partial charge in [-0.3, -0.25) is 9.78 Å². The van der Waals surface area contributed by atoms with Gasteiger partial charge in [0.15, 0.2) is 5.78 Å². The molecule has 0 unspecified atom stereocenters. The number of benzene rings is 1. The van der Waals surface area contributed by atoms with Gasteiger partial charge in [0.2, 0.25) is 0 Å². The molecule has 0 radical (unpaired) electrons. The summed E-state index contributed by atoms with van der Waals surface area (Å²) in [5.74, 6) is 0.247. The summed E-state index contributed by atoms with van der Waals surface area (Å²) in [5, 5.41) is 0. The number of anilines is 1. The SMILES string of the molecule is O=C1CCN(Cc2ccncc2)c2ccccc21. The lowest BCUT2D eigenvalue weighted by molar-refractivity contribution is 0.0979. The average Bonchev–Trinajstić information content (AvgIpc) is 2.44. The Hall–Kier alpha value is -2.16. The highest BCUT2D eigenvalue weighted by atomic mass is 16.1. The molecular formula is C15H14N2O. The lowest BCUT2D eigenvalue weighted by atomic mass is 10.00. The monoisotopic (exact) mass is 238 g/mol. The fourth-order valence-electron chi connectivity index (χ4n) is 2.35. The van der Waals surface area contributed by atoms with Gasteiger partial charge >= 0.3 is 0 Å². The maximum absolute atomic E-state index is 11.8. The van der Waals surface area contributed by atoms with Gasteiger partial charge in [-0.1, -0.05) is 12.1 Å². The van der Waals surface area contributed by atoms with E-state index in [0.717, 1.165) is 24.3 Å². The molecule has 0 N–H and O–H groups in total. The van der Waals surface area contributed by atoms with E-state index in [2.05, 4.69) is 9.88 Å². The fourth-order valence-corrected chi connectivity index (χ4v) is 2.35. The Morgan fingerprint density at radius 2 is 1.89 bits per heavy atom. The molecule has 0 bridgehead atoms. The number of carbonyl (C=O) groups excluding carboxylic acids is 1. The number of nitrogens with zero attached hydrogens (tertiary/aromatic N) is 2.